The number of hydrogen-bond acceptors (Lipinski definition) is 3. The highest BCUT2D eigenvalue weighted by molar-refractivity contribution is 6.31. The van der Waals surface area contributed by atoms with Crippen molar-refractivity contribution in [3.05, 3.63) is 87.6 Å². The molecule has 4 aromatic rings. The standard InChI is InChI=1S/C29H27ClFN3O2/c1-16-22(27(30)34(33-16)20-11-9-19(31)10-12-20)14-17-13-18(29(2,3)4)15-23-25(28(35)36)21-7-5-6-8-24(21)32-26(17)23/h5-12,14,18H,13,15H2,1-4H3,(H,35,36)/b17-14+/t18-/m0/s1. The molecule has 0 unspecified atom stereocenters. The van der Waals surface area contributed by atoms with Crippen LogP contribution in [0.25, 0.3) is 28.2 Å². The second-order valence-corrected chi connectivity index (χ2v) is 10.8. The minimum absolute atomic E-state index is 0.0463. The van der Waals surface area contributed by atoms with Gasteiger partial charge in [-0.2, -0.15) is 5.10 Å². The predicted molar refractivity (Wildman–Crippen MR) is 141 cm³/mol. The first-order chi connectivity index (χ1) is 17.0. The van der Waals surface area contributed by atoms with E-state index in [1.165, 1.54) is 12.1 Å². The number of fused-ring (bicyclic) bond motifs is 2. The second kappa shape index (κ2) is 8.86. The molecule has 5 rings (SSSR count). The third-order valence-corrected chi connectivity index (χ3v) is 7.45. The smallest absolute Gasteiger partial charge is 0.336 e. The van der Waals surface area contributed by atoms with Crippen molar-refractivity contribution in [2.24, 2.45) is 11.3 Å². The van der Waals surface area contributed by atoms with Gasteiger partial charge < -0.3 is 5.11 Å². The fraction of sp³-hybridized carbons (Fsp3) is 0.276. The number of carboxylic acids is 1. The Balaban J connectivity index is 1.74. The van der Waals surface area contributed by atoms with Crippen LogP contribution < -0.4 is 0 Å². The number of para-hydroxylation sites is 1. The van der Waals surface area contributed by atoms with E-state index in [4.69, 9.17) is 16.6 Å². The van der Waals surface area contributed by atoms with E-state index in [-0.39, 0.29) is 17.2 Å². The number of carboxylic acid groups (broad SMARTS) is 1. The van der Waals surface area contributed by atoms with Crippen molar-refractivity contribution in [3.63, 3.8) is 0 Å². The third-order valence-electron chi connectivity index (χ3n) is 7.09. The highest BCUT2D eigenvalue weighted by Crippen LogP contribution is 2.45. The number of nitrogens with zero attached hydrogens (tertiary/aromatic N) is 3. The largest absolute Gasteiger partial charge is 0.478 e. The monoisotopic (exact) mass is 503 g/mol. The summed E-state index contributed by atoms with van der Waals surface area (Å²) in [6, 6.07) is 13.4. The van der Waals surface area contributed by atoms with Gasteiger partial charge in [0, 0.05) is 10.9 Å². The Morgan fingerprint density at radius 2 is 1.83 bits per heavy atom. The number of benzene rings is 2. The van der Waals surface area contributed by atoms with E-state index in [2.05, 4.69) is 25.9 Å². The van der Waals surface area contributed by atoms with Crippen molar-refractivity contribution < 1.29 is 14.3 Å². The topological polar surface area (TPSA) is 68.0 Å². The number of carbonyl (C=O) groups is 1. The number of pyridine rings is 1. The maximum Gasteiger partial charge on any atom is 0.336 e. The molecule has 7 heteroatoms. The van der Waals surface area contributed by atoms with Gasteiger partial charge in [-0.1, -0.05) is 50.6 Å². The molecule has 1 aliphatic rings. The Morgan fingerprint density at radius 3 is 2.50 bits per heavy atom. The van der Waals surface area contributed by atoms with Gasteiger partial charge in [0.1, 0.15) is 11.0 Å². The van der Waals surface area contributed by atoms with Crippen LogP contribution in [0, 0.1) is 24.1 Å². The zero-order valence-electron chi connectivity index (χ0n) is 20.6. The molecule has 0 saturated heterocycles. The van der Waals surface area contributed by atoms with E-state index < -0.39 is 5.97 Å². The second-order valence-electron chi connectivity index (χ2n) is 10.5. The van der Waals surface area contributed by atoms with Crippen molar-refractivity contribution >= 4 is 40.1 Å². The van der Waals surface area contributed by atoms with E-state index in [1.807, 2.05) is 37.3 Å². The van der Waals surface area contributed by atoms with Gasteiger partial charge in [-0.3, -0.25) is 0 Å². The number of aryl methyl sites for hydroxylation is 1. The molecule has 0 bridgehead atoms. The number of rotatable bonds is 3. The predicted octanol–water partition coefficient (Wildman–Crippen LogP) is 7.37. The molecule has 2 aromatic carbocycles. The highest BCUT2D eigenvalue weighted by Gasteiger charge is 2.35. The molecular weight excluding hydrogens is 477 g/mol. The fourth-order valence-corrected chi connectivity index (χ4v) is 5.31. The van der Waals surface area contributed by atoms with Crippen LogP contribution in [0.2, 0.25) is 5.15 Å². The summed E-state index contributed by atoms with van der Waals surface area (Å²) in [7, 11) is 0. The summed E-state index contributed by atoms with van der Waals surface area (Å²) in [5, 5.41) is 15.9. The molecule has 5 nitrogen and oxygen atoms in total. The first-order valence-corrected chi connectivity index (χ1v) is 12.3. The zero-order chi connectivity index (χ0) is 25.8. The van der Waals surface area contributed by atoms with Gasteiger partial charge in [0.15, 0.2) is 0 Å². The van der Waals surface area contributed by atoms with Gasteiger partial charge in [0.2, 0.25) is 0 Å². The van der Waals surface area contributed by atoms with Crippen LogP contribution in [0.3, 0.4) is 0 Å². The third kappa shape index (κ3) is 4.20. The summed E-state index contributed by atoms with van der Waals surface area (Å²) in [5.74, 6) is -1.07. The van der Waals surface area contributed by atoms with Crippen molar-refractivity contribution in [1.29, 1.82) is 0 Å². The summed E-state index contributed by atoms with van der Waals surface area (Å²) in [6.45, 7) is 8.42. The van der Waals surface area contributed by atoms with E-state index in [9.17, 15) is 14.3 Å². The summed E-state index contributed by atoms with van der Waals surface area (Å²) >= 11 is 6.80. The fourth-order valence-electron chi connectivity index (χ4n) is 4.98. The number of allylic oxidation sites excluding steroid dienone is 1. The molecule has 0 fully saturated rings. The van der Waals surface area contributed by atoms with E-state index in [0.29, 0.717) is 39.4 Å². The van der Waals surface area contributed by atoms with Crippen molar-refractivity contribution in [3.8, 4) is 5.69 Å². The average Bonchev–Trinajstić information content (AvgIpc) is 3.10. The first-order valence-electron chi connectivity index (χ1n) is 11.9. The molecule has 2 aromatic heterocycles. The summed E-state index contributed by atoms with van der Waals surface area (Å²) < 4.78 is 15.0. The molecule has 1 N–H and O–H groups in total. The lowest BCUT2D eigenvalue weighted by molar-refractivity contribution is 0.0696. The Bertz CT molecular complexity index is 1530. The maximum atomic E-state index is 13.4. The average molecular weight is 504 g/mol. The molecule has 0 saturated carbocycles. The van der Waals surface area contributed by atoms with Crippen molar-refractivity contribution in [2.75, 3.05) is 0 Å². The van der Waals surface area contributed by atoms with Crippen LogP contribution in [-0.4, -0.2) is 25.8 Å². The molecule has 1 aliphatic carbocycles. The van der Waals surface area contributed by atoms with E-state index in [0.717, 1.165) is 28.8 Å². The van der Waals surface area contributed by atoms with Gasteiger partial charge in [0.05, 0.1) is 28.2 Å². The van der Waals surface area contributed by atoms with Crippen molar-refractivity contribution in [2.45, 2.75) is 40.5 Å². The molecule has 184 valence electrons. The van der Waals surface area contributed by atoms with Gasteiger partial charge in [-0.25, -0.2) is 18.9 Å². The van der Waals surface area contributed by atoms with Crippen LogP contribution in [0.5, 0.6) is 0 Å². The van der Waals surface area contributed by atoms with E-state index in [1.54, 1.807) is 16.8 Å². The van der Waals surface area contributed by atoms with Crippen LogP contribution >= 0.6 is 11.6 Å². The van der Waals surface area contributed by atoms with E-state index >= 15 is 0 Å². The van der Waals surface area contributed by atoms with Crippen LogP contribution in [0.1, 0.15) is 60.1 Å². The van der Waals surface area contributed by atoms with Gasteiger partial charge in [0.25, 0.3) is 0 Å². The summed E-state index contributed by atoms with van der Waals surface area (Å²) in [5.41, 5.74) is 5.44. The maximum absolute atomic E-state index is 13.4. The molecule has 0 spiro atoms. The number of aromatic nitrogens is 3. The lowest BCUT2D eigenvalue weighted by atomic mass is 9.69. The quantitative estimate of drug-likeness (QED) is 0.317. The van der Waals surface area contributed by atoms with Gasteiger partial charge in [-0.05, 0) is 78.6 Å². The highest BCUT2D eigenvalue weighted by atomic mass is 35.5. The lowest BCUT2D eigenvalue weighted by Gasteiger charge is -2.36. The number of aromatic carboxylic acids is 1. The Kier molecular flexibility index (Phi) is 5.95. The molecule has 1 atom stereocenters. The van der Waals surface area contributed by atoms with Crippen LogP contribution in [0.15, 0.2) is 48.5 Å². The zero-order valence-corrected chi connectivity index (χ0v) is 21.4. The molecule has 0 radical (unpaired) electrons. The molecular formula is C29H27ClFN3O2. The lowest BCUT2D eigenvalue weighted by Crippen LogP contribution is -2.28. The Hall–Kier alpha value is -3.51. The molecule has 2 heterocycles. The molecule has 0 amide bonds. The van der Waals surface area contributed by atoms with Gasteiger partial charge >= 0.3 is 5.97 Å². The Morgan fingerprint density at radius 1 is 1.14 bits per heavy atom. The van der Waals surface area contributed by atoms with Crippen LogP contribution in [0.4, 0.5) is 4.39 Å². The Labute approximate surface area is 214 Å². The van der Waals surface area contributed by atoms with Crippen LogP contribution in [-0.2, 0) is 6.42 Å². The minimum Gasteiger partial charge on any atom is -0.478 e. The molecule has 36 heavy (non-hydrogen) atoms. The van der Waals surface area contributed by atoms with Gasteiger partial charge in [-0.15, -0.1) is 0 Å². The first kappa shape index (κ1) is 24.2. The summed E-state index contributed by atoms with van der Waals surface area (Å²) in [4.78, 5) is 17.4. The number of halogens is 2. The SMILES string of the molecule is Cc1nn(-c2ccc(F)cc2)c(Cl)c1/C=C1\C[C@H](C(C)(C)C)Cc2c1nc1ccccc1c2C(=O)O. The van der Waals surface area contributed by atoms with Crippen molar-refractivity contribution in [1.82, 2.24) is 14.8 Å². The summed E-state index contributed by atoms with van der Waals surface area (Å²) in [6.07, 6.45) is 3.37. The normalized spacial score (nSPS) is 16.9. The molecule has 0 aliphatic heterocycles. The minimum atomic E-state index is -0.947. The number of hydrogen-bond donors (Lipinski definition) is 1.